The highest BCUT2D eigenvalue weighted by molar-refractivity contribution is 5.79. The number of carbonyl (C=O) groups excluding carboxylic acids is 1. The van der Waals surface area contributed by atoms with E-state index in [0.717, 1.165) is 12.0 Å². The number of nitrogens with zero attached hydrogens (tertiary/aromatic N) is 3. The van der Waals surface area contributed by atoms with Crippen molar-refractivity contribution in [2.24, 2.45) is 0 Å². The van der Waals surface area contributed by atoms with Crippen LogP contribution in [0.3, 0.4) is 0 Å². The predicted octanol–water partition coefficient (Wildman–Crippen LogP) is 1.31. The summed E-state index contributed by atoms with van der Waals surface area (Å²) >= 11 is 0. The Balaban J connectivity index is 1.99. The molecule has 0 saturated heterocycles. The number of H-pyrrole nitrogens is 1. The second-order valence-corrected chi connectivity index (χ2v) is 5.16. The summed E-state index contributed by atoms with van der Waals surface area (Å²) in [7, 11) is 0. The van der Waals surface area contributed by atoms with Gasteiger partial charge in [0.15, 0.2) is 11.5 Å². The Morgan fingerprint density at radius 2 is 2.09 bits per heavy atom. The van der Waals surface area contributed by atoms with E-state index < -0.39 is 0 Å². The van der Waals surface area contributed by atoms with Gasteiger partial charge in [0.05, 0.1) is 6.20 Å². The summed E-state index contributed by atoms with van der Waals surface area (Å²) < 4.78 is 1.33. The highest BCUT2D eigenvalue weighted by atomic mass is 16.2. The fourth-order valence-corrected chi connectivity index (χ4v) is 2.28. The lowest BCUT2D eigenvalue weighted by Crippen LogP contribution is -2.31. The summed E-state index contributed by atoms with van der Waals surface area (Å²) in [5.41, 5.74) is 1.42. The van der Waals surface area contributed by atoms with E-state index in [-0.39, 0.29) is 18.1 Å². The van der Waals surface area contributed by atoms with Crippen molar-refractivity contribution in [3.8, 4) is 11.4 Å². The van der Waals surface area contributed by atoms with Gasteiger partial charge in [0.2, 0.25) is 5.91 Å². The Kier molecular flexibility index (Phi) is 4.18. The highest BCUT2D eigenvalue weighted by Gasteiger charge is 2.13. The number of hydrogen-bond donors (Lipinski definition) is 2. The van der Waals surface area contributed by atoms with Crippen LogP contribution in [0.4, 0.5) is 0 Å². The lowest BCUT2D eigenvalue weighted by molar-refractivity contribution is -0.121. The van der Waals surface area contributed by atoms with Crippen LogP contribution in [-0.2, 0) is 11.3 Å². The number of nitrogens with one attached hydrogen (secondary N) is 2. The Morgan fingerprint density at radius 3 is 2.83 bits per heavy atom. The van der Waals surface area contributed by atoms with Crippen LogP contribution < -0.4 is 11.0 Å². The van der Waals surface area contributed by atoms with Crippen LogP contribution in [0.1, 0.15) is 13.3 Å². The first-order valence-corrected chi connectivity index (χ1v) is 7.46. The minimum absolute atomic E-state index is 0.0654. The molecule has 7 nitrogen and oxygen atoms in total. The van der Waals surface area contributed by atoms with E-state index in [1.807, 2.05) is 37.3 Å². The first kappa shape index (κ1) is 15.0. The number of aromatic nitrogens is 4. The average Bonchev–Trinajstić information content (AvgIpc) is 2.89. The van der Waals surface area contributed by atoms with Gasteiger partial charge in [-0.3, -0.25) is 9.36 Å². The number of amides is 1. The molecule has 1 amide bonds. The van der Waals surface area contributed by atoms with E-state index in [2.05, 4.69) is 20.3 Å². The van der Waals surface area contributed by atoms with Crippen LogP contribution in [0.15, 0.2) is 41.3 Å². The largest absolute Gasteiger partial charge is 0.355 e. The lowest BCUT2D eigenvalue weighted by atomic mass is 10.2. The molecule has 2 N–H and O–H groups in total. The van der Waals surface area contributed by atoms with Crippen molar-refractivity contribution in [3.05, 3.63) is 47.0 Å². The van der Waals surface area contributed by atoms with Gasteiger partial charge in [-0.2, -0.15) is 0 Å². The smallest absolute Gasteiger partial charge is 0.328 e. The molecular formula is C16H17N5O2. The maximum absolute atomic E-state index is 12.1. The number of benzene rings is 1. The predicted molar refractivity (Wildman–Crippen MR) is 86.9 cm³/mol. The Bertz CT molecular complexity index is 882. The molecular weight excluding hydrogens is 294 g/mol. The molecule has 0 bridgehead atoms. The van der Waals surface area contributed by atoms with E-state index in [9.17, 15) is 9.59 Å². The molecule has 3 rings (SSSR count). The zero-order chi connectivity index (χ0) is 16.2. The summed E-state index contributed by atoms with van der Waals surface area (Å²) in [6.07, 6.45) is 2.40. The molecule has 0 fully saturated rings. The van der Waals surface area contributed by atoms with E-state index in [1.165, 1.54) is 4.57 Å². The highest BCUT2D eigenvalue weighted by Crippen LogP contribution is 2.16. The van der Waals surface area contributed by atoms with Crippen LogP contribution in [-0.4, -0.2) is 32.0 Å². The molecule has 0 aliphatic rings. The second-order valence-electron chi connectivity index (χ2n) is 5.16. The number of aromatic amines is 1. The molecule has 23 heavy (non-hydrogen) atoms. The quantitative estimate of drug-likeness (QED) is 0.743. The molecule has 0 aliphatic carbocycles. The van der Waals surface area contributed by atoms with Crippen LogP contribution in [0.2, 0.25) is 0 Å². The van der Waals surface area contributed by atoms with Gasteiger partial charge in [0.25, 0.3) is 0 Å². The first-order chi connectivity index (χ1) is 11.2. The number of imidazole rings is 1. The van der Waals surface area contributed by atoms with Crippen molar-refractivity contribution >= 4 is 17.1 Å². The third kappa shape index (κ3) is 3.13. The molecule has 3 aromatic rings. The molecule has 0 saturated carbocycles. The summed E-state index contributed by atoms with van der Waals surface area (Å²) in [5.74, 6) is 0.300. The molecule has 0 spiro atoms. The molecule has 0 aliphatic heterocycles. The van der Waals surface area contributed by atoms with Gasteiger partial charge in [0, 0.05) is 12.1 Å². The lowest BCUT2D eigenvalue weighted by Gasteiger charge is -2.05. The minimum atomic E-state index is -0.369. The van der Waals surface area contributed by atoms with Crippen LogP contribution >= 0.6 is 0 Å². The third-order valence-electron chi connectivity index (χ3n) is 3.42. The van der Waals surface area contributed by atoms with Crippen LogP contribution in [0.25, 0.3) is 22.6 Å². The summed E-state index contributed by atoms with van der Waals surface area (Å²) in [5, 5.41) is 2.75. The SMILES string of the molecule is CCCNC(=O)Cn1c(=O)[nH]c2cnc(-c3ccccc3)nc21. The fourth-order valence-electron chi connectivity index (χ4n) is 2.28. The van der Waals surface area contributed by atoms with Gasteiger partial charge in [0.1, 0.15) is 12.1 Å². The van der Waals surface area contributed by atoms with Gasteiger partial charge >= 0.3 is 5.69 Å². The summed E-state index contributed by atoms with van der Waals surface area (Å²) in [6.45, 7) is 2.49. The topological polar surface area (TPSA) is 92.7 Å². The molecule has 1 aromatic carbocycles. The minimum Gasteiger partial charge on any atom is -0.355 e. The van der Waals surface area contributed by atoms with Gasteiger partial charge in [-0.25, -0.2) is 14.8 Å². The number of carbonyl (C=O) groups is 1. The van der Waals surface area contributed by atoms with Crippen LogP contribution in [0, 0.1) is 0 Å². The van der Waals surface area contributed by atoms with Gasteiger partial charge < -0.3 is 10.3 Å². The average molecular weight is 311 g/mol. The maximum atomic E-state index is 12.1. The van der Waals surface area contributed by atoms with Crippen molar-refractivity contribution in [2.75, 3.05) is 6.54 Å². The maximum Gasteiger partial charge on any atom is 0.328 e. The van der Waals surface area contributed by atoms with E-state index in [0.29, 0.717) is 23.5 Å². The molecule has 2 heterocycles. The van der Waals surface area contributed by atoms with Crippen molar-refractivity contribution in [2.45, 2.75) is 19.9 Å². The van der Waals surface area contributed by atoms with Gasteiger partial charge in [-0.1, -0.05) is 37.3 Å². The Morgan fingerprint density at radius 1 is 1.30 bits per heavy atom. The monoisotopic (exact) mass is 311 g/mol. The van der Waals surface area contributed by atoms with Crippen molar-refractivity contribution in [3.63, 3.8) is 0 Å². The zero-order valence-corrected chi connectivity index (χ0v) is 12.7. The van der Waals surface area contributed by atoms with E-state index in [1.54, 1.807) is 6.20 Å². The van der Waals surface area contributed by atoms with E-state index >= 15 is 0 Å². The van der Waals surface area contributed by atoms with Crippen molar-refractivity contribution in [1.29, 1.82) is 0 Å². The van der Waals surface area contributed by atoms with E-state index in [4.69, 9.17) is 0 Å². The number of fused-ring (bicyclic) bond motifs is 1. The third-order valence-corrected chi connectivity index (χ3v) is 3.42. The summed E-state index contributed by atoms with van der Waals surface area (Å²) in [6, 6.07) is 9.48. The Hall–Kier alpha value is -2.96. The van der Waals surface area contributed by atoms with Crippen molar-refractivity contribution < 1.29 is 4.79 Å². The molecule has 2 aromatic heterocycles. The first-order valence-electron chi connectivity index (χ1n) is 7.46. The summed E-state index contributed by atoms with van der Waals surface area (Å²) in [4.78, 5) is 35.3. The number of hydrogen-bond acceptors (Lipinski definition) is 4. The number of rotatable bonds is 5. The van der Waals surface area contributed by atoms with Crippen molar-refractivity contribution in [1.82, 2.24) is 24.8 Å². The molecule has 0 radical (unpaired) electrons. The molecule has 118 valence electrons. The zero-order valence-electron chi connectivity index (χ0n) is 12.7. The second kappa shape index (κ2) is 6.43. The molecule has 7 heteroatoms. The molecule has 0 atom stereocenters. The van der Waals surface area contributed by atoms with Crippen LogP contribution in [0.5, 0.6) is 0 Å². The molecule has 0 unspecified atom stereocenters. The van der Waals surface area contributed by atoms with Gasteiger partial charge in [-0.15, -0.1) is 0 Å². The Labute approximate surface area is 132 Å². The van der Waals surface area contributed by atoms with Gasteiger partial charge in [-0.05, 0) is 6.42 Å². The standard InChI is InChI=1S/C16H17N5O2/c1-2-8-17-13(22)10-21-15-12(19-16(21)23)9-18-14(20-15)11-6-4-3-5-7-11/h3-7,9H,2,8,10H2,1H3,(H,17,22)(H,19,23). The fraction of sp³-hybridized carbons (Fsp3) is 0.250. The normalized spacial score (nSPS) is 10.8.